The minimum absolute atomic E-state index is 0.0334. The molecule has 0 spiro atoms. The molecule has 112 valence electrons. The summed E-state index contributed by atoms with van der Waals surface area (Å²) in [6, 6.07) is 9.11. The van der Waals surface area contributed by atoms with Gasteiger partial charge in [-0.25, -0.2) is 0 Å². The number of carbonyl (C=O) groups excluding carboxylic acids is 1. The van der Waals surface area contributed by atoms with E-state index in [0.29, 0.717) is 18.1 Å². The Labute approximate surface area is 134 Å². The van der Waals surface area contributed by atoms with Gasteiger partial charge in [0.2, 0.25) is 5.89 Å². The molecule has 0 fully saturated rings. The van der Waals surface area contributed by atoms with Crippen LogP contribution in [0.2, 0.25) is 0 Å². The maximum Gasteiger partial charge on any atom is 0.322 e. The highest BCUT2D eigenvalue weighted by Gasteiger charge is 2.14. The molecule has 1 N–H and O–H groups in total. The molecule has 3 rings (SSSR count). The first-order valence-corrected chi connectivity index (χ1v) is 7.39. The average molecular weight is 362 g/mol. The summed E-state index contributed by atoms with van der Waals surface area (Å²) in [5.74, 6) is -0.0627. The number of rotatable bonds is 4. The van der Waals surface area contributed by atoms with Gasteiger partial charge in [0.25, 0.3) is 5.91 Å². The van der Waals surface area contributed by atoms with E-state index in [2.05, 4.69) is 36.5 Å². The molecule has 8 heteroatoms. The van der Waals surface area contributed by atoms with Crippen LogP contribution in [0.3, 0.4) is 0 Å². The summed E-state index contributed by atoms with van der Waals surface area (Å²) >= 11 is 3.38. The number of benzene rings is 1. The fourth-order valence-corrected chi connectivity index (χ4v) is 2.23. The first-order chi connectivity index (χ1) is 10.7. The number of aromatic nitrogens is 4. The maximum absolute atomic E-state index is 12.0. The van der Waals surface area contributed by atoms with Crippen molar-refractivity contribution in [2.45, 2.75) is 13.5 Å². The summed E-state index contributed by atoms with van der Waals surface area (Å²) in [7, 11) is 0. The first-order valence-electron chi connectivity index (χ1n) is 6.60. The Morgan fingerprint density at radius 1 is 1.36 bits per heavy atom. The van der Waals surface area contributed by atoms with Crippen LogP contribution in [0.5, 0.6) is 0 Å². The molecule has 0 atom stereocenters. The van der Waals surface area contributed by atoms with Crippen molar-refractivity contribution in [3.05, 3.63) is 46.7 Å². The van der Waals surface area contributed by atoms with E-state index in [0.717, 1.165) is 10.0 Å². The first kappa shape index (κ1) is 14.5. The lowest BCUT2D eigenvalue weighted by Gasteiger charge is -1.97. The number of anilines is 1. The van der Waals surface area contributed by atoms with Crippen LogP contribution >= 0.6 is 15.9 Å². The summed E-state index contributed by atoms with van der Waals surface area (Å²) < 4.78 is 8.00. The summed E-state index contributed by atoms with van der Waals surface area (Å²) in [6.45, 7) is 2.64. The van der Waals surface area contributed by atoms with Crippen molar-refractivity contribution in [3.8, 4) is 11.5 Å². The van der Waals surface area contributed by atoms with Crippen molar-refractivity contribution < 1.29 is 9.21 Å². The highest BCUT2D eigenvalue weighted by atomic mass is 79.9. The number of hydrogen-bond donors (Lipinski definition) is 1. The minimum atomic E-state index is -0.392. The number of halogens is 1. The van der Waals surface area contributed by atoms with Crippen molar-refractivity contribution in [1.29, 1.82) is 0 Å². The maximum atomic E-state index is 12.0. The van der Waals surface area contributed by atoms with E-state index in [1.54, 1.807) is 16.9 Å². The van der Waals surface area contributed by atoms with Crippen LogP contribution in [0.4, 0.5) is 6.01 Å². The van der Waals surface area contributed by atoms with Gasteiger partial charge < -0.3 is 4.42 Å². The summed E-state index contributed by atoms with van der Waals surface area (Å²) in [4.78, 5) is 12.0. The highest BCUT2D eigenvalue weighted by Crippen LogP contribution is 2.23. The second-order valence-corrected chi connectivity index (χ2v) is 5.35. The molecule has 0 saturated heterocycles. The molecule has 0 aliphatic heterocycles. The Bertz CT molecular complexity index is 811. The Hall–Kier alpha value is -2.48. The Morgan fingerprint density at radius 2 is 2.23 bits per heavy atom. The molecule has 1 aromatic carbocycles. The predicted molar refractivity (Wildman–Crippen MR) is 83.3 cm³/mol. The van der Waals surface area contributed by atoms with Gasteiger partial charge in [-0.2, -0.15) is 5.10 Å². The van der Waals surface area contributed by atoms with Crippen LogP contribution in [0.15, 0.2) is 45.4 Å². The van der Waals surface area contributed by atoms with E-state index in [9.17, 15) is 4.79 Å². The van der Waals surface area contributed by atoms with Gasteiger partial charge in [0, 0.05) is 22.8 Å². The van der Waals surface area contributed by atoms with Gasteiger partial charge in [0.05, 0.1) is 0 Å². The van der Waals surface area contributed by atoms with E-state index < -0.39 is 5.91 Å². The normalized spacial score (nSPS) is 10.6. The van der Waals surface area contributed by atoms with Crippen molar-refractivity contribution >= 4 is 27.9 Å². The third-order valence-corrected chi connectivity index (χ3v) is 3.41. The van der Waals surface area contributed by atoms with Gasteiger partial charge in [-0.15, -0.1) is 5.10 Å². The van der Waals surface area contributed by atoms with Crippen molar-refractivity contribution in [2.24, 2.45) is 0 Å². The van der Waals surface area contributed by atoms with Crippen LogP contribution < -0.4 is 5.32 Å². The number of hydrogen-bond acceptors (Lipinski definition) is 5. The summed E-state index contributed by atoms with van der Waals surface area (Å²) in [5, 5.41) is 14.4. The molecule has 0 bridgehead atoms. The molecule has 0 saturated carbocycles. The average Bonchev–Trinajstić information content (AvgIpc) is 3.16. The third kappa shape index (κ3) is 3.06. The smallest absolute Gasteiger partial charge is 0.322 e. The van der Waals surface area contributed by atoms with Gasteiger partial charge >= 0.3 is 6.01 Å². The van der Waals surface area contributed by atoms with E-state index in [1.807, 2.05) is 31.2 Å². The molecule has 0 aliphatic carbocycles. The van der Waals surface area contributed by atoms with E-state index >= 15 is 0 Å². The van der Waals surface area contributed by atoms with Crippen LogP contribution in [0.1, 0.15) is 17.4 Å². The lowest BCUT2D eigenvalue weighted by atomic mass is 10.2. The molecule has 3 aromatic rings. The largest absolute Gasteiger partial charge is 0.403 e. The zero-order valence-electron chi connectivity index (χ0n) is 11.7. The second-order valence-electron chi connectivity index (χ2n) is 4.43. The molecule has 2 aromatic heterocycles. The fraction of sp³-hybridized carbons (Fsp3) is 0.143. The zero-order valence-corrected chi connectivity index (χ0v) is 13.2. The molecule has 22 heavy (non-hydrogen) atoms. The number of nitrogens with one attached hydrogen (secondary N) is 1. The number of amides is 1. The molecular formula is C14H12BrN5O2. The van der Waals surface area contributed by atoms with Crippen molar-refractivity contribution in [3.63, 3.8) is 0 Å². The molecule has 2 heterocycles. The topological polar surface area (TPSA) is 85.8 Å². The Morgan fingerprint density at radius 3 is 2.95 bits per heavy atom. The van der Waals surface area contributed by atoms with Crippen LogP contribution in [0.25, 0.3) is 11.5 Å². The van der Waals surface area contributed by atoms with Gasteiger partial charge in [0.1, 0.15) is 0 Å². The second kappa shape index (κ2) is 6.10. The molecule has 7 nitrogen and oxygen atoms in total. The Kier molecular flexibility index (Phi) is 4.01. The fourth-order valence-electron chi connectivity index (χ4n) is 1.83. The molecule has 0 radical (unpaired) electrons. The van der Waals surface area contributed by atoms with Crippen LogP contribution in [-0.4, -0.2) is 25.9 Å². The van der Waals surface area contributed by atoms with Crippen LogP contribution in [-0.2, 0) is 6.54 Å². The molecular weight excluding hydrogens is 350 g/mol. The zero-order chi connectivity index (χ0) is 15.5. The predicted octanol–water partition coefficient (Wildman–Crippen LogP) is 2.97. The van der Waals surface area contributed by atoms with Gasteiger partial charge in [-0.3, -0.25) is 14.8 Å². The van der Waals surface area contributed by atoms with Gasteiger partial charge in [0.15, 0.2) is 5.69 Å². The van der Waals surface area contributed by atoms with Crippen molar-refractivity contribution in [2.75, 3.05) is 5.32 Å². The lowest BCUT2D eigenvalue weighted by molar-refractivity contribution is 0.101. The van der Waals surface area contributed by atoms with Crippen LogP contribution in [0, 0.1) is 0 Å². The summed E-state index contributed by atoms with van der Waals surface area (Å²) in [6.07, 6.45) is 1.73. The Balaban J connectivity index is 1.75. The monoisotopic (exact) mass is 361 g/mol. The molecule has 0 unspecified atom stereocenters. The van der Waals surface area contributed by atoms with E-state index in [1.165, 1.54) is 0 Å². The standard InChI is InChI=1S/C14H12BrN5O2/c1-2-20-7-6-11(19-20)12(21)16-14-18-17-13(22-14)9-4-3-5-10(15)8-9/h3-8H,2H2,1H3,(H,16,18,21). The quantitative estimate of drug-likeness (QED) is 0.771. The third-order valence-electron chi connectivity index (χ3n) is 2.91. The molecule has 0 aliphatic rings. The SMILES string of the molecule is CCn1ccc(C(=O)Nc2nnc(-c3cccc(Br)c3)o2)n1. The lowest BCUT2D eigenvalue weighted by Crippen LogP contribution is -2.13. The molecule has 1 amide bonds. The van der Waals surface area contributed by atoms with Gasteiger partial charge in [-0.05, 0) is 31.2 Å². The number of carbonyl (C=O) groups is 1. The van der Waals surface area contributed by atoms with E-state index in [-0.39, 0.29) is 6.01 Å². The highest BCUT2D eigenvalue weighted by molar-refractivity contribution is 9.10. The van der Waals surface area contributed by atoms with E-state index in [4.69, 9.17) is 4.42 Å². The van der Waals surface area contributed by atoms with Gasteiger partial charge in [-0.1, -0.05) is 27.1 Å². The number of nitrogens with zero attached hydrogens (tertiary/aromatic N) is 4. The minimum Gasteiger partial charge on any atom is -0.403 e. The van der Waals surface area contributed by atoms with Crippen molar-refractivity contribution in [1.82, 2.24) is 20.0 Å². The number of aryl methyl sites for hydroxylation is 1. The summed E-state index contributed by atoms with van der Waals surface area (Å²) in [5.41, 5.74) is 1.06.